The van der Waals surface area contributed by atoms with Crippen LogP contribution in [0.4, 0.5) is 13.2 Å². The van der Waals surface area contributed by atoms with Gasteiger partial charge in [0.15, 0.2) is 5.75 Å². The third-order valence-corrected chi connectivity index (χ3v) is 1.61. The zero-order valence-electron chi connectivity index (χ0n) is 7.01. The second-order valence-electron chi connectivity index (χ2n) is 2.41. The molecular weight excluding hydrogens is 237 g/mol. The van der Waals surface area contributed by atoms with E-state index in [0.717, 1.165) is 12.4 Å². The Bertz CT molecular complexity index is 394. The largest absolute Gasteiger partial charge is 0.573 e. The molecule has 0 aliphatic rings. The minimum absolute atomic E-state index is 0.441. The van der Waals surface area contributed by atoms with Gasteiger partial charge < -0.3 is 10.5 Å². The number of amides is 1. The summed E-state index contributed by atoms with van der Waals surface area (Å²) in [6.07, 6.45) is -3.19. The molecule has 1 aromatic rings. The fourth-order valence-electron chi connectivity index (χ4n) is 0.818. The number of nitrogens with two attached hydrogens (primary N) is 1. The first-order valence-electron chi connectivity index (χ1n) is 3.50. The summed E-state index contributed by atoms with van der Waals surface area (Å²) in [5, 5.41) is -0.441. The molecule has 0 aliphatic carbocycles. The molecule has 0 saturated carbocycles. The van der Waals surface area contributed by atoms with Crippen LogP contribution in [0.1, 0.15) is 10.4 Å². The summed E-state index contributed by atoms with van der Waals surface area (Å²) in [7, 11) is 0. The second kappa shape index (κ2) is 3.93. The van der Waals surface area contributed by atoms with Gasteiger partial charge in [-0.1, -0.05) is 11.6 Å². The molecule has 1 aromatic heterocycles. The summed E-state index contributed by atoms with van der Waals surface area (Å²) in [6, 6.07) is 0. The predicted molar refractivity (Wildman–Crippen MR) is 44.4 cm³/mol. The van der Waals surface area contributed by atoms with Gasteiger partial charge in [0.1, 0.15) is 10.6 Å². The second-order valence-corrected chi connectivity index (χ2v) is 2.82. The molecule has 0 atom stereocenters. The molecule has 0 aromatic carbocycles. The van der Waals surface area contributed by atoms with Crippen molar-refractivity contribution in [2.75, 3.05) is 0 Å². The minimum atomic E-state index is -4.95. The van der Waals surface area contributed by atoms with E-state index in [1.54, 1.807) is 0 Å². The van der Waals surface area contributed by atoms with E-state index in [-0.39, 0.29) is 0 Å². The van der Waals surface area contributed by atoms with E-state index < -0.39 is 28.6 Å². The Morgan fingerprint density at radius 3 is 2.53 bits per heavy atom. The molecule has 1 heterocycles. The van der Waals surface area contributed by atoms with Crippen LogP contribution < -0.4 is 10.5 Å². The molecule has 0 saturated heterocycles. The number of carbonyl (C=O) groups excluding carboxylic acids is 1. The zero-order chi connectivity index (χ0) is 11.6. The molecule has 15 heavy (non-hydrogen) atoms. The van der Waals surface area contributed by atoms with E-state index in [1.807, 2.05) is 0 Å². The lowest BCUT2D eigenvalue weighted by molar-refractivity contribution is -0.274. The molecule has 0 bridgehead atoms. The minimum Gasteiger partial charge on any atom is -0.403 e. The van der Waals surface area contributed by atoms with Crippen molar-refractivity contribution in [3.63, 3.8) is 0 Å². The Kier molecular flexibility index (Phi) is 3.04. The normalized spacial score (nSPS) is 11.2. The highest BCUT2D eigenvalue weighted by atomic mass is 35.5. The number of ether oxygens (including phenoxy) is 1. The van der Waals surface area contributed by atoms with Gasteiger partial charge in [-0.25, -0.2) is 0 Å². The Morgan fingerprint density at radius 2 is 2.07 bits per heavy atom. The van der Waals surface area contributed by atoms with Crippen LogP contribution in [0.5, 0.6) is 5.75 Å². The summed E-state index contributed by atoms with van der Waals surface area (Å²) in [4.78, 5) is 14.2. The van der Waals surface area contributed by atoms with Crippen molar-refractivity contribution in [1.29, 1.82) is 0 Å². The van der Waals surface area contributed by atoms with Crippen LogP contribution in [0.15, 0.2) is 12.4 Å². The van der Waals surface area contributed by atoms with Gasteiger partial charge in [-0.05, 0) is 0 Å². The average Bonchev–Trinajstić information content (AvgIpc) is 2.05. The lowest BCUT2D eigenvalue weighted by atomic mass is 10.2. The molecule has 8 heteroatoms. The summed E-state index contributed by atoms with van der Waals surface area (Å²) in [5.41, 5.74) is 4.29. The number of halogens is 4. The van der Waals surface area contributed by atoms with E-state index in [9.17, 15) is 18.0 Å². The zero-order valence-corrected chi connectivity index (χ0v) is 7.76. The van der Waals surface area contributed by atoms with Gasteiger partial charge in [0.2, 0.25) is 0 Å². The number of hydrogen-bond donors (Lipinski definition) is 1. The van der Waals surface area contributed by atoms with Crippen molar-refractivity contribution in [2.24, 2.45) is 5.73 Å². The van der Waals surface area contributed by atoms with Gasteiger partial charge >= 0.3 is 6.36 Å². The summed E-state index contributed by atoms with van der Waals surface area (Å²) >= 11 is 5.38. The first-order valence-corrected chi connectivity index (χ1v) is 3.88. The van der Waals surface area contributed by atoms with Crippen molar-refractivity contribution in [3.8, 4) is 5.75 Å². The van der Waals surface area contributed by atoms with Crippen LogP contribution in [-0.4, -0.2) is 17.3 Å². The first-order chi connectivity index (χ1) is 6.81. The molecular formula is C7H4ClF3N2O2. The molecule has 0 spiro atoms. The maximum Gasteiger partial charge on any atom is 0.573 e. The smallest absolute Gasteiger partial charge is 0.403 e. The lowest BCUT2D eigenvalue weighted by Crippen LogP contribution is -2.21. The van der Waals surface area contributed by atoms with E-state index >= 15 is 0 Å². The predicted octanol–water partition coefficient (Wildman–Crippen LogP) is 1.73. The molecule has 0 radical (unpaired) electrons. The number of pyridine rings is 1. The highest BCUT2D eigenvalue weighted by Gasteiger charge is 2.34. The Hall–Kier alpha value is -1.50. The molecule has 2 N–H and O–H groups in total. The lowest BCUT2D eigenvalue weighted by Gasteiger charge is -2.12. The van der Waals surface area contributed by atoms with Crippen LogP contribution in [-0.2, 0) is 0 Å². The van der Waals surface area contributed by atoms with Crippen molar-refractivity contribution in [2.45, 2.75) is 6.36 Å². The highest BCUT2D eigenvalue weighted by molar-refractivity contribution is 6.32. The van der Waals surface area contributed by atoms with E-state index in [0.29, 0.717) is 0 Å². The van der Waals surface area contributed by atoms with Gasteiger partial charge in [0.05, 0.1) is 0 Å². The van der Waals surface area contributed by atoms with Crippen LogP contribution in [0.2, 0.25) is 5.02 Å². The summed E-state index contributed by atoms with van der Waals surface area (Å²) in [5.74, 6) is -1.95. The summed E-state index contributed by atoms with van der Waals surface area (Å²) in [6.45, 7) is 0. The van der Waals surface area contributed by atoms with Gasteiger partial charge in [-0.15, -0.1) is 13.2 Å². The van der Waals surface area contributed by atoms with Crippen LogP contribution >= 0.6 is 11.6 Å². The van der Waals surface area contributed by atoms with Crippen molar-refractivity contribution in [1.82, 2.24) is 4.98 Å². The third-order valence-electron chi connectivity index (χ3n) is 1.34. The summed E-state index contributed by atoms with van der Waals surface area (Å²) < 4.78 is 39.3. The maximum atomic E-state index is 11.9. The fraction of sp³-hybridized carbons (Fsp3) is 0.143. The molecule has 4 nitrogen and oxygen atoms in total. The van der Waals surface area contributed by atoms with Gasteiger partial charge in [0, 0.05) is 12.4 Å². The van der Waals surface area contributed by atoms with Crippen LogP contribution in [0, 0.1) is 0 Å². The van der Waals surface area contributed by atoms with Gasteiger partial charge in [0.25, 0.3) is 5.91 Å². The van der Waals surface area contributed by atoms with Gasteiger partial charge in [-0.2, -0.15) is 0 Å². The number of carbonyl (C=O) groups is 1. The quantitative estimate of drug-likeness (QED) is 0.856. The average molecular weight is 241 g/mol. The van der Waals surface area contributed by atoms with E-state index in [2.05, 4.69) is 9.72 Å². The Morgan fingerprint density at radius 1 is 1.47 bits per heavy atom. The molecule has 0 unspecified atom stereocenters. The molecule has 1 rings (SSSR count). The third kappa shape index (κ3) is 2.98. The SMILES string of the molecule is NC(=O)c1cncc(Cl)c1OC(F)(F)F. The fourth-order valence-corrected chi connectivity index (χ4v) is 1.01. The van der Waals surface area contributed by atoms with Crippen LogP contribution in [0.3, 0.4) is 0 Å². The number of aromatic nitrogens is 1. The van der Waals surface area contributed by atoms with Crippen LogP contribution in [0.25, 0.3) is 0 Å². The molecule has 82 valence electrons. The molecule has 1 amide bonds. The number of rotatable bonds is 2. The van der Waals surface area contributed by atoms with Gasteiger partial charge in [-0.3, -0.25) is 9.78 Å². The first kappa shape index (κ1) is 11.6. The molecule has 0 fully saturated rings. The number of alkyl halides is 3. The van der Waals surface area contributed by atoms with Crippen molar-refractivity contribution < 1.29 is 22.7 Å². The van der Waals surface area contributed by atoms with E-state index in [1.165, 1.54) is 0 Å². The van der Waals surface area contributed by atoms with Crippen molar-refractivity contribution in [3.05, 3.63) is 23.0 Å². The van der Waals surface area contributed by atoms with E-state index in [4.69, 9.17) is 17.3 Å². The standard InChI is InChI=1S/C7H4ClF3N2O2/c8-4-2-13-1-3(6(12)14)5(4)15-7(9,10)11/h1-2H,(H2,12,14). The number of hydrogen-bond acceptors (Lipinski definition) is 3. The Labute approximate surface area is 86.8 Å². The molecule has 0 aliphatic heterocycles. The maximum absolute atomic E-state index is 11.9. The Balaban J connectivity index is 3.19. The van der Waals surface area contributed by atoms with Crippen molar-refractivity contribution >= 4 is 17.5 Å². The monoisotopic (exact) mass is 240 g/mol. The number of primary amides is 1. The number of nitrogens with zero attached hydrogens (tertiary/aromatic N) is 1. The topological polar surface area (TPSA) is 65.2 Å². The highest BCUT2D eigenvalue weighted by Crippen LogP contribution is 2.32.